The molecule has 3 aromatic rings. The van der Waals surface area contributed by atoms with Gasteiger partial charge in [-0.3, -0.25) is 9.59 Å². The summed E-state index contributed by atoms with van der Waals surface area (Å²) in [6.07, 6.45) is 0. The molecule has 2 aromatic carbocycles. The van der Waals surface area contributed by atoms with Crippen molar-refractivity contribution >= 4 is 17.5 Å². The van der Waals surface area contributed by atoms with Crippen LogP contribution in [-0.4, -0.2) is 23.9 Å². The van der Waals surface area contributed by atoms with E-state index < -0.39 is 5.91 Å². The fourth-order valence-corrected chi connectivity index (χ4v) is 2.48. The van der Waals surface area contributed by atoms with Crippen LogP contribution in [0.1, 0.15) is 17.4 Å². The van der Waals surface area contributed by atoms with Gasteiger partial charge in [-0.1, -0.05) is 6.07 Å². The number of methoxy groups -OCH3 is 1. The Balaban J connectivity index is 2.04. The number of oxazole rings is 1. The molecule has 26 heavy (non-hydrogen) atoms. The van der Waals surface area contributed by atoms with Gasteiger partial charge >= 0.3 is 0 Å². The number of carbonyl (C=O) groups excluding carboxylic acids is 2. The van der Waals surface area contributed by atoms with Crippen molar-refractivity contribution in [3.8, 4) is 28.5 Å². The number of benzene rings is 2. The van der Waals surface area contributed by atoms with Crippen LogP contribution in [0.4, 0.5) is 5.69 Å². The molecule has 0 fully saturated rings. The highest BCUT2D eigenvalue weighted by Crippen LogP contribution is 2.31. The first-order chi connectivity index (χ1) is 12.5. The van der Waals surface area contributed by atoms with E-state index in [1.165, 1.54) is 6.92 Å². The molecule has 7 heteroatoms. The van der Waals surface area contributed by atoms with Crippen molar-refractivity contribution in [3.63, 3.8) is 0 Å². The van der Waals surface area contributed by atoms with Crippen LogP contribution in [0.25, 0.3) is 22.8 Å². The number of carbonyl (C=O) groups is 2. The molecule has 0 radical (unpaired) electrons. The number of rotatable bonds is 5. The SMILES string of the molecule is COc1ccc(-c2oc(-c3cccc(NC(C)=O)c3)nc2C(N)=O)cc1. The minimum Gasteiger partial charge on any atom is -0.497 e. The Kier molecular flexibility index (Phi) is 4.70. The Bertz CT molecular complexity index is 961. The van der Waals surface area contributed by atoms with Gasteiger partial charge in [0.1, 0.15) is 5.75 Å². The first-order valence-electron chi connectivity index (χ1n) is 7.81. The molecule has 1 aromatic heterocycles. The Labute approximate surface area is 149 Å². The van der Waals surface area contributed by atoms with Gasteiger partial charge in [-0.05, 0) is 42.5 Å². The lowest BCUT2D eigenvalue weighted by Crippen LogP contribution is -2.12. The maximum absolute atomic E-state index is 11.8. The smallest absolute Gasteiger partial charge is 0.271 e. The molecular weight excluding hydrogens is 334 g/mol. The molecule has 0 spiro atoms. The minimum absolute atomic E-state index is 0.0371. The third kappa shape index (κ3) is 3.56. The first kappa shape index (κ1) is 17.2. The summed E-state index contributed by atoms with van der Waals surface area (Å²) in [5.41, 5.74) is 7.35. The maximum Gasteiger partial charge on any atom is 0.271 e. The van der Waals surface area contributed by atoms with Crippen molar-refractivity contribution in [1.82, 2.24) is 4.98 Å². The zero-order valence-electron chi connectivity index (χ0n) is 14.3. The number of anilines is 1. The molecule has 0 unspecified atom stereocenters. The molecular formula is C19H17N3O4. The molecule has 0 aliphatic carbocycles. The molecule has 0 saturated carbocycles. The van der Waals surface area contributed by atoms with E-state index in [1.54, 1.807) is 55.6 Å². The second-order valence-corrected chi connectivity index (χ2v) is 5.55. The number of primary amides is 1. The van der Waals surface area contributed by atoms with Crippen molar-refractivity contribution < 1.29 is 18.7 Å². The summed E-state index contributed by atoms with van der Waals surface area (Å²) in [5, 5.41) is 2.69. The van der Waals surface area contributed by atoms with Gasteiger partial charge in [-0.15, -0.1) is 0 Å². The summed E-state index contributed by atoms with van der Waals surface area (Å²) in [6.45, 7) is 1.42. The average molecular weight is 351 g/mol. The van der Waals surface area contributed by atoms with Crippen LogP contribution in [0.5, 0.6) is 5.75 Å². The second-order valence-electron chi connectivity index (χ2n) is 5.55. The zero-order valence-corrected chi connectivity index (χ0v) is 14.3. The third-order valence-corrected chi connectivity index (χ3v) is 3.64. The number of nitrogens with one attached hydrogen (secondary N) is 1. The quantitative estimate of drug-likeness (QED) is 0.734. The van der Waals surface area contributed by atoms with E-state index in [1.807, 2.05) is 0 Å². The second kappa shape index (κ2) is 7.10. The lowest BCUT2D eigenvalue weighted by molar-refractivity contribution is -0.114. The number of nitrogens with zero attached hydrogens (tertiary/aromatic N) is 1. The molecule has 0 bridgehead atoms. The van der Waals surface area contributed by atoms with E-state index in [-0.39, 0.29) is 23.3 Å². The highest BCUT2D eigenvalue weighted by atomic mass is 16.5. The van der Waals surface area contributed by atoms with Crippen LogP contribution in [0.15, 0.2) is 52.9 Å². The summed E-state index contributed by atoms with van der Waals surface area (Å²) >= 11 is 0. The van der Waals surface area contributed by atoms with Gasteiger partial charge in [-0.2, -0.15) is 0 Å². The summed E-state index contributed by atoms with van der Waals surface area (Å²) < 4.78 is 10.9. The van der Waals surface area contributed by atoms with Crippen LogP contribution in [0, 0.1) is 0 Å². The molecule has 0 aliphatic rings. The molecule has 0 aliphatic heterocycles. The van der Waals surface area contributed by atoms with Gasteiger partial charge in [0, 0.05) is 23.7 Å². The van der Waals surface area contributed by atoms with Gasteiger partial charge in [0.05, 0.1) is 7.11 Å². The Morgan fingerprint density at radius 3 is 2.46 bits per heavy atom. The van der Waals surface area contributed by atoms with E-state index in [4.69, 9.17) is 14.9 Å². The predicted molar refractivity (Wildman–Crippen MR) is 96.7 cm³/mol. The van der Waals surface area contributed by atoms with Crippen LogP contribution >= 0.6 is 0 Å². The van der Waals surface area contributed by atoms with Gasteiger partial charge in [0.2, 0.25) is 11.8 Å². The van der Waals surface area contributed by atoms with E-state index in [0.29, 0.717) is 22.6 Å². The Morgan fingerprint density at radius 1 is 1.12 bits per heavy atom. The predicted octanol–water partition coefficient (Wildman–Crippen LogP) is 3.07. The van der Waals surface area contributed by atoms with Gasteiger partial charge < -0.3 is 20.2 Å². The minimum atomic E-state index is -0.691. The van der Waals surface area contributed by atoms with Crippen LogP contribution in [0.2, 0.25) is 0 Å². The van der Waals surface area contributed by atoms with Crippen LogP contribution in [0.3, 0.4) is 0 Å². The summed E-state index contributed by atoms with van der Waals surface area (Å²) in [7, 11) is 1.57. The van der Waals surface area contributed by atoms with Crippen molar-refractivity contribution in [2.75, 3.05) is 12.4 Å². The first-order valence-corrected chi connectivity index (χ1v) is 7.81. The number of hydrogen-bond acceptors (Lipinski definition) is 5. The molecule has 0 atom stereocenters. The van der Waals surface area contributed by atoms with E-state index in [2.05, 4.69) is 10.3 Å². The van der Waals surface area contributed by atoms with Gasteiger partial charge in [0.25, 0.3) is 5.91 Å². The van der Waals surface area contributed by atoms with Gasteiger partial charge in [-0.25, -0.2) is 4.98 Å². The number of aromatic nitrogens is 1. The zero-order chi connectivity index (χ0) is 18.7. The molecule has 1 heterocycles. The number of hydrogen-bond donors (Lipinski definition) is 2. The van der Waals surface area contributed by atoms with Crippen molar-refractivity contribution in [3.05, 3.63) is 54.2 Å². The fraction of sp³-hybridized carbons (Fsp3) is 0.105. The molecule has 3 rings (SSSR count). The number of amides is 2. The summed E-state index contributed by atoms with van der Waals surface area (Å²) in [5.74, 6) is 0.309. The van der Waals surface area contributed by atoms with Crippen molar-refractivity contribution in [2.24, 2.45) is 5.73 Å². The Hall–Kier alpha value is -3.61. The maximum atomic E-state index is 11.8. The normalized spacial score (nSPS) is 10.4. The topological polar surface area (TPSA) is 107 Å². The van der Waals surface area contributed by atoms with Crippen LogP contribution in [-0.2, 0) is 4.79 Å². The molecule has 7 nitrogen and oxygen atoms in total. The molecule has 132 valence electrons. The largest absolute Gasteiger partial charge is 0.497 e. The number of ether oxygens (including phenoxy) is 1. The summed E-state index contributed by atoms with van der Waals surface area (Å²) in [6, 6.07) is 14.0. The average Bonchev–Trinajstić information content (AvgIpc) is 3.07. The van der Waals surface area contributed by atoms with Crippen molar-refractivity contribution in [1.29, 1.82) is 0 Å². The van der Waals surface area contributed by atoms with Crippen LogP contribution < -0.4 is 15.8 Å². The lowest BCUT2D eigenvalue weighted by atomic mass is 10.1. The highest BCUT2D eigenvalue weighted by molar-refractivity contribution is 5.97. The lowest BCUT2D eigenvalue weighted by Gasteiger charge is -2.03. The van der Waals surface area contributed by atoms with E-state index in [0.717, 1.165) is 0 Å². The van der Waals surface area contributed by atoms with E-state index >= 15 is 0 Å². The monoisotopic (exact) mass is 351 g/mol. The highest BCUT2D eigenvalue weighted by Gasteiger charge is 2.20. The standard InChI is InChI=1S/C19H17N3O4/c1-11(23)21-14-5-3-4-13(10-14)19-22-16(18(20)24)17(26-19)12-6-8-15(25-2)9-7-12/h3-10H,1-2H3,(H2,20,24)(H,21,23). The number of nitrogens with two attached hydrogens (primary N) is 1. The van der Waals surface area contributed by atoms with E-state index in [9.17, 15) is 9.59 Å². The fourth-order valence-electron chi connectivity index (χ4n) is 2.48. The van der Waals surface area contributed by atoms with Crippen molar-refractivity contribution in [2.45, 2.75) is 6.92 Å². The molecule has 3 N–H and O–H groups in total. The third-order valence-electron chi connectivity index (χ3n) is 3.64. The Morgan fingerprint density at radius 2 is 1.85 bits per heavy atom. The van der Waals surface area contributed by atoms with Gasteiger partial charge in [0.15, 0.2) is 11.5 Å². The molecule has 0 saturated heterocycles. The summed E-state index contributed by atoms with van der Waals surface area (Å²) in [4.78, 5) is 27.3. The molecule has 2 amide bonds.